The third kappa shape index (κ3) is 2.36. The molecule has 1 aromatic heterocycles. The average Bonchev–Trinajstić information content (AvgIpc) is 2.63. The minimum Gasteiger partial charge on any atom is -0.399 e. The monoisotopic (exact) mass is 247 g/mol. The summed E-state index contributed by atoms with van der Waals surface area (Å²) < 4.78 is 1.16. The fourth-order valence-corrected chi connectivity index (χ4v) is 3.12. The van der Waals surface area contributed by atoms with Gasteiger partial charge in [0.2, 0.25) is 0 Å². The van der Waals surface area contributed by atoms with Crippen LogP contribution >= 0.6 is 11.3 Å². The Bertz CT molecular complexity index is 516. The molecule has 0 saturated heterocycles. The molecule has 17 heavy (non-hydrogen) atoms. The van der Waals surface area contributed by atoms with Gasteiger partial charge in [-0.1, -0.05) is 30.6 Å². The number of nitrogens with one attached hydrogen (secondary N) is 1. The third-order valence-corrected chi connectivity index (χ3v) is 4.44. The minimum absolute atomic E-state index is 0.808. The molecule has 0 spiro atoms. The van der Waals surface area contributed by atoms with Crippen LogP contribution in [0, 0.1) is 5.92 Å². The van der Waals surface area contributed by atoms with Crippen LogP contribution < -0.4 is 11.1 Å². The summed E-state index contributed by atoms with van der Waals surface area (Å²) >= 11 is 1.69. The van der Waals surface area contributed by atoms with Crippen molar-refractivity contribution in [2.75, 3.05) is 17.6 Å². The number of nitrogens with two attached hydrogens (primary N) is 1. The Morgan fingerprint density at radius 3 is 3.06 bits per heavy atom. The Hall–Kier alpha value is -1.29. The van der Waals surface area contributed by atoms with Crippen LogP contribution in [-0.2, 0) is 0 Å². The van der Waals surface area contributed by atoms with Crippen molar-refractivity contribution in [3.63, 3.8) is 0 Å². The smallest absolute Gasteiger partial charge is 0.183 e. The van der Waals surface area contributed by atoms with Gasteiger partial charge in [0.1, 0.15) is 0 Å². The van der Waals surface area contributed by atoms with Gasteiger partial charge in [-0.15, -0.1) is 0 Å². The number of fused-ring (bicyclic) bond motifs is 1. The molecule has 0 aliphatic heterocycles. The molecule has 0 unspecified atom stereocenters. The van der Waals surface area contributed by atoms with Crippen LogP contribution in [0.25, 0.3) is 10.2 Å². The van der Waals surface area contributed by atoms with E-state index in [2.05, 4.69) is 10.3 Å². The molecule has 0 bridgehead atoms. The first-order valence-corrected chi connectivity index (χ1v) is 7.03. The molecule has 1 heterocycles. The molecule has 1 saturated carbocycles. The van der Waals surface area contributed by atoms with E-state index in [-0.39, 0.29) is 0 Å². The zero-order chi connectivity index (χ0) is 11.7. The molecule has 3 rings (SSSR count). The van der Waals surface area contributed by atoms with E-state index >= 15 is 0 Å². The summed E-state index contributed by atoms with van der Waals surface area (Å²) in [5.41, 5.74) is 7.60. The molecular formula is C13H17N3S. The van der Waals surface area contributed by atoms with Crippen molar-refractivity contribution in [3.8, 4) is 0 Å². The first-order valence-electron chi connectivity index (χ1n) is 6.21. The molecule has 0 atom stereocenters. The van der Waals surface area contributed by atoms with Gasteiger partial charge in [0.25, 0.3) is 0 Å². The van der Waals surface area contributed by atoms with E-state index in [1.54, 1.807) is 11.3 Å². The first-order chi connectivity index (χ1) is 8.31. The Morgan fingerprint density at radius 2 is 2.29 bits per heavy atom. The van der Waals surface area contributed by atoms with Gasteiger partial charge >= 0.3 is 0 Å². The predicted molar refractivity (Wildman–Crippen MR) is 74.5 cm³/mol. The van der Waals surface area contributed by atoms with Gasteiger partial charge in [-0.25, -0.2) is 4.98 Å². The molecular weight excluding hydrogens is 230 g/mol. The van der Waals surface area contributed by atoms with Crippen molar-refractivity contribution < 1.29 is 0 Å². The number of nitrogen functional groups attached to an aromatic ring is 1. The summed E-state index contributed by atoms with van der Waals surface area (Å²) in [6, 6.07) is 5.88. The lowest BCUT2D eigenvalue weighted by atomic mass is 9.83. The van der Waals surface area contributed by atoms with E-state index < -0.39 is 0 Å². The Kier molecular flexibility index (Phi) is 2.89. The summed E-state index contributed by atoms with van der Waals surface area (Å²) in [5, 5.41) is 4.44. The highest BCUT2D eigenvalue weighted by Gasteiger charge is 2.16. The fraction of sp³-hybridized carbons (Fsp3) is 0.462. The maximum atomic E-state index is 5.76. The third-order valence-electron chi connectivity index (χ3n) is 3.47. The molecule has 1 aliphatic rings. The van der Waals surface area contributed by atoms with Gasteiger partial charge < -0.3 is 11.1 Å². The van der Waals surface area contributed by atoms with E-state index in [1.165, 1.54) is 25.7 Å². The number of hydrogen-bond acceptors (Lipinski definition) is 4. The Labute approximate surface area is 105 Å². The standard InChI is InChI=1S/C13H17N3S/c14-10-4-5-11-12(8-10)17-13(16-11)15-7-6-9-2-1-3-9/h4-5,8-9H,1-3,6-7,14H2,(H,15,16). The normalized spacial score (nSPS) is 16.0. The molecule has 0 amide bonds. The summed E-state index contributed by atoms with van der Waals surface area (Å²) in [6.45, 7) is 1.04. The van der Waals surface area contributed by atoms with Crippen molar-refractivity contribution in [3.05, 3.63) is 18.2 Å². The molecule has 3 N–H and O–H groups in total. The van der Waals surface area contributed by atoms with Crippen LogP contribution in [0.15, 0.2) is 18.2 Å². The largest absolute Gasteiger partial charge is 0.399 e. The van der Waals surface area contributed by atoms with E-state index in [0.29, 0.717) is 0 Å². The Balaban J connectivity index is 1.64. The summed E-state index contributed by atoms with van der Waals surface area (Å²) in [6.07, 6.45) is 5.53. The highest BCUT2D eigenvalue weighted by atomic mass is 32.1. The lowest BCUT2D eigenvalue weighted by molar-refractivity contribution is 0.303. The minimum atomic E-state index is 0.808. The fourth-order valence-electron chi connectivity index (χ4n) is 2.18. The topological polar surface area (TPSA) is 50.9 Å². The lowest BCUT2D eigenvalue weighted by Gasteiger charge is -2.24. The van der Waals surface area contributed by atoms with Crippen molar-refractivity contribution in [1.29, 1.82) is 0 Å². The quantitative estimate of drug-likeness (QED) is 0.813. The number of anilines is 2. The van der Waals surface area contributed by atoms with Crippen molar-refractivity contribution in [2.45, 2.75) is 25.7 Å². The van der Waals surface area contributed by atoms with Crippen LogP contribution in [0.4, 0.5) is 10.8 Å². The number of benzene rings is 1. The van der Waals surface area contributed by atoms with E-state index in [0.717, 1.165) is 33.5 Å². The molecule has 0 radical (unpaired) electrons. The second-order valence-corrected chi connectivity index (χ2v) is 5.79. The second-order valence-electron chi connectivity index (χ2n) is 4.76. The highest BCUT2D eigenvalue weighted by molar-refractivity contribution is 7.22. The predicted octanol–water partition coefficient (Wildman–Crippen LogP) is 3.48. The lowest BCUT2D eigenvalue weighted by Crippen LogP contribution is -2.15. The van der Waals surface area contributed by atoms with Gasteiger partial charge in [-0.3, -0.25) is 0 Å². The van der Waals surface area contributed by atoms with Crippen LogP contribution in [0.3, 0.4) is 0 Å². The molecule has 1 aromatic carbocycles. The first kappa shape index (κ1) is 10.8. The van der Waals surface area contributed by atoms with Gasteiger partial charge in [-0.05, 0) is 30.5 Å². The number of hydrogen-bond donors (Lipinski definition) is 2. The zero-order valence-electron chi connectivity index (χ0n) is 9.78. The number of thiazole rings is 1. The SMILES string of the molecule is Nc1ccc2nc(NCCC3CCC3)sc2c1. The van der Waals surface area contributed by atoms with Gasteiger partial charge in [0.15, 0.2) is 5.13 Å². The van der Waals surface area contributed by atoms with Gasteiger partial charge in [0, 0.05) is 12.2 Å². The van der Waals surface area contributed by atoms with E-state index in [4.69, 9.17) is 5.73 Å². The van der Waals surface area contributed by atoms with Crippen molar-refractivity contribution in [1.82, 2.24) is 4.98 Å². The zero-order valence-corrected chi connectivity index (χ0v) is 10.6. The molecule has 2 aromatic rings. The molecule has 4 heteroatoms. The summed E-state index contributed by atoms with van der Waals surface area (Å²) in [5.74, 6) is 0.951. The van der Waals surface area contributed by atoms with Crippen LogP contribution in [-0.4, -0.2) is 11.5 Å². The Morgan fingerprint density at radius 1 is 1.41 bits per heavy atom. The number of aromatic nitrogens is 1. The molecule has 90 valence electrons. The summed E-state index contributed by atoms with van der Waals surface area (Å²) in [4.78, 5) is 4.55. The van der Waals surface area contributed by atoms with Crippen molar-refractivity contribution in [2.24, 2.45) is 5.92 Å². The summed E-state index contributed by atoms with van der Waals surface area (Å²) in [7, 11) is 0. The average molecular weight is 247 g/mol. The number of rotatable bonds is 4. The van der Waals surface area contributed by atoms with E-state index in [9.17, 15) is 0 Å². The maximum absolute atomic E-state index is 5.76. The second kappa shape index (κ2) is 4.53. The van der Waals surface area contributed by atoms with Gasteiger partial charge in [0.05, 0.1) is 10.2 Å². The highest BCUT2D eigenvalue weighted by Crippen LogP contribution is 2.30. The molecule has 3 nitrogen and oxygen atoms in total. The number of nitrogens with zero attached hydrogens (tertiary/aromatic N) is 1. The van der Waals surface area contributed by atoms with Crippen molar-refractivity contribution >= 4 is 32.4 Å². The molecule has 1 fully saturated rings. The molecule has 1 aliphatic carbocycles. The van der Waals surface area contributed by atoms with Crippen LogP contribution in [0.2, 0.25) is 0 Å². The van der Waals surface area contributed by atoms with E-state index in [1.807, 2.05) is 18.2 Å². The van der Waals surface area contributed by atoms with Crippen LogP contribution in [0.1, 0.15) is 25.7 Å². The van der Waals surface area contributed by atoms with Gasteiger partial charge in [-0.2, -0.15) is 0 Å². The van der Waals surface area contributed by atoms with Crippen LogP contribution in [0.5, 0.6) is 0 Å². The maximum Gasteiger partial charge on any atom is 0.183 e.